The highest BCUT2D eigenvalue weighted by Crippen LogP contribution is 2.69. The van der Waals surface area contributed by atoms with E-state index in [2.05, 4.69) is 138 Å². The topological polar surface area (TPSA) is 4.93 Å². The quantitative estimate of drug-likeness (QED) is 0.157. The molecule has 55 heavy (non-hydrogen) atoms. The summed E-state index contributed by atoms with van der Waals surface area (Å²) < 4.78 is 2.55. The molecular formula is C54H67N. The molecule has 4 fully saturated rings. The molecule has 1 heteroatoms. The summed E-state index contributed by atoms with van der Waals surface area (Å²) in [6.07, 6.45) is 17.5. The summed E-state index contributed by atoms with van der Waals surface area (Å²) in [5, 5.41) is 2.71. The van der Waals surface area contributed by atoms with Gasteiger partial charge in [0.25, 0.3) is 0 Å². The van der Waals surface area contributed by atoms with Gasteiger partial charge in [-0.05, 0) is 174 Å². The highest BCUT2D eigenvalue weighted by molar-refractivity contribution is 6.11. The van der Waals surface area contributed by atoms with Crippen LogP contribution in [0.4, 0.5) is 0 Å². The lowest BCUT2D eigenvalue weighted by molar-refractivity contribution is -0.117. The molecule has 1 unspecified atom stereocenters. The summed E-state index contributed by atoms with van der Waals surface area (Å²) >= 11 is 0. The first-order chi connectivity index (χ1) is 26.5. The van der Waals surface area contributed by atoms with Crippen LogP contribution in [0.5, 0.6) is 0 Å². The third-order valence-electron chi connectivity index (χ3n) is 17.9. The number of hydrogen-bond acceptors (Lipinski definition) is 0. The summed E-state index contributed by atoms with van der Waals surface area (Å²) in [6.45, 7) is 17.8. The van der Waals surface area contributed by atoms with E-state index in [1.807, 2.05) is 0 Å². The monoisotopic (exact) mass is 730 g/mol. The smallest absolute Gasteiger partial charge is 0.0544 e. The summed E-state index contributed by atoms with van der Waals surface area (Å²) in [4.78, 5) is 0. The normalized spacial score (nSPS) is 32.6. The van der Waals surface area contributed by atoms with Crippen molar-refractivity contribution in [2.45, 2.75) is 137 Å². The molecule has 5 aliphatic rings. The van der Waals surface area contributed by atoms with E-state index in [1.165, 1.54) is 127 Å². The molecule has 288 valence electrons. The zero-order chi connectivity index (χ0) is 37.9. The van der Waals surface area contributed by atoms with Crippen molar-refractivity contribution in [3.05, 3.63) is 102 Å². The van der Waals surface area contributed by atoms with E-state index in [0.29, 0.717) is 16.7 Å². The van der Waals surface area contributed by atoms with Crippen LogP contribution in [0.25, 0.3) is 38.6 Å². The van der Waals surface area contributed by atoms with E-state index in [9.17, 15) is 0 Å². The van der Waals surface area contributed by atoms with Crippen LogP contribution in [-0.4, -0.2) is 4.57 Å². The molecular weight excluding hydrogens is 663 g/mol. The van der Waals surface area contributed by atoms with Crippen LogP contribution in [-0.2, 0) is 5.41 Å². The zero-order valence-corrected chi connectivity index (χ0v) is 35.1. The van der Waals surface area contributed by atoms with Gasteiger partial charge < -0.3 is 4.57 Å². The SMILES string of the molecule is CC(C)CCC[C@@H](C)[C@H]1CC[C@H]2[C@@H]3CC[C@H]4CC(c5ccc(-n6c7ccccc7c7cc8c(cc76)C(C)(C)c6ccccc6-8)cc5)CC[C@]4(C)[C@H]3CC[C@]12C. The number of nitrogens with zero attached hydrogens (tertiary/aromatic N) is 1. The lowest BCUT2D eigenvalue weighted by atomic mass is 9.43. The van der Waals surface area contributed by atoms with Gasteiger partial charge in [-0.15, -0.1) is 0 Å². The Labute approximate surface area is 332 Å². The van der Waals surface area contributed by atoms with E-state index < -0.39 is 0 Å². The Hall–Kier alpha value is -3.32. The lowest BCUT2D eigenvalue weighted by Gasteiger charge is -2.61. The van der Waals surface area contributed by atoms with Gasteiger partial charge in [-0.25, -0.2) is 0 Å². The van der Waals surface area contributed by atoms with Crippen LogP contribution in [0.2, 0.25) is 0 Å². The highest BCUT2D eigenvalue weighted by atomic mass is 15.0. The molecule has 0 aliphatic heterocycles. The molecule has 1 heterocycles. The molecule has 0 radical (unpaired) electrons. The van der Waals surface area contributed by atoms with Gasteiger partial charge in [0, 0.05) is 21.9 Å². The zero-order valence-electron chi connectivity index (χ0n) is 35.1. The van der Waals surface area contributed by atoms with Gasteiger partial charge in [-0.2, -0.15) is 0 Å². The molecule has 0 bridgehead atoms. The summed E-state index contributed by atoms with van der Waals surface area (Å²) in [5.41, 5.74) is 12.3. The maximum atomic E-state index is 2.77. The molecule has 1 aromatic heterocycles. The van der Waals surface area contributed by atoms with Crippen molar-refractivity contribution in [1.29, 1.82) is 0 Å². The Bertz CT molecular complexity index is 2230. The van der Waals surface area contributed by atoms with Gasteiger partial charge in [0.05, 0.1) is 11.0 Å². The van der Waals surface area contributed by atoms with E-state index in [0.717, 1.165) is 41.4 Å². The Balaban J connectivity index is 0.887. The van der Waals surface area contributed by atoms with Gasteiger partial charge in [0.15, 0.2) is 0 Å². The van der Waals surface area contributed by atoms with Gasteiger partial charge >= 0.3 is 0 Å². The fourth-order valence-electron chi connectivity index (χ4n) is 14.9. The highest BCUT2D eigenvalue weighted by Gasteiger charge is 2.60. The van der Waals surface area contributed by atoms with Crippen molar-refractivity contribution in [3.63, 3.8) is 0 Å². The Morgan fingerprint density at radius 3 is 2.20 bits per heavy atom. The molecule has 4 saturated carbocycles. The molecule has 0 spiro atoms. The average molecular weight is 730 g/mol. The minimum absolute atomic E-state index is 0.0117. The largest absolute Gasteiger partial charge is 0.309 e. The van der Waals surface area contributed by atoms with Crippen molar-refractivity contribution >= 4 is 21.8 Å². The van der Waals surface area contributed by atoms with E-state index in [4.69, 9.17) is 0 Å². The average Bonchev–Trinajstić information content (AvgIpc) is 3.78. The van der Waals surface area contributed by atoms with E-state index >= 15 is 0 Å². The van der Waals surface area contributed by atoms with Crippen molar-refractivity contribution in [3.8, 4) is 16.8 Å². The Morgan fingerprint density at radius 1 is 0.636 bits per heavy atom. The predicted molar refractivity (Wildman–Crippen MR) is 234 cm³/mol. The molecule has 5 aliphatic carbocycles. The third-order valence-corrected chi connectivity index (χ3v) is 17.9. The standard InChI is InChI=1S/C54H67N/c1-34(2)13-12-14-35(3)45-25-26-47-42-24-21-38-31-37(27-29-53(38,6)48(42)28-30-54(45,47)7)36-19-22-39(23-20-36)55-50-18-11-9-16-41(50)44-32-43-40-15-8-10-17-46(40)52(4,5)49(43)33-51(44)55/h8-11,15-20,22-23,32-35,37-38,42,45,47-48H,12-14,21,24-31H2,1-7H3/t35-,37?,38+,42+,45-,47+,48+,53+,54-/m1/s1. The summed E-state index contributed by atoms with van der Waals surface area (Å²) in [6, 6.07) is 33.0. The number of fused-ring (bicyclic) bond motifs is 11. The number of benzene rings is 4. The van der Waals surface area contributed by atoms with Gasteiger partial charge in [-0.1, -0.05) is 122 Å². The Kier molecular flexibility index (Phi) is 8.59. The summed E-state index contributed by atoms with van der Waals surface area (Å²) in [5.74, 6) is 7.21. The number of aromatic nitrogens is 1. The van der Waals surface area contributed by atoms with E-state index in [1.54, 1.807) is 5.56 Å². The fourth-order valence-corrected chi connectivity index (χ4v) is 14.9. The minimum atomic E-state index is -0.0117. The van der Waals surface area contributed by atoms with Crippen LogP contribution in [0, 0.1) is 52.3 Å². The maximum absolute atomic E-state index is 2.77. The number of hydrogen-bond donors (Lipinski definition) is 0. The second kappa shape index (κ2) is 13.1. The van der Waals surface area contributed by atoms with Crippen LogP contribution >= 0.6 is 0 Å². The number of para-hydroxylation sites is 1. The molecule has 4 aromatic carbocycles. The second-order valence-corrected chi connectivity index (χ2v) is 21.2. The molecule has 10 rings (SSSR count). The van der Waals surface area contributed by atoms with Gasteiger partial charge in [0.2, 0.25) is 0 Å². The second-order valence-electron chi connectivity index (χ2n) is 21.2. The van der Waals surface area contributed by atoms with Crippen LogP contribution in [0.1, 0.15) is 148 Å². The first-order valence-electron chi connectivity index (χ1n) is 22.8. The molecule has 5 aromatic rings. The van der Waals surface area contributed by atoms with Crippen LogP contribution < -0.4 is 0 Å². The summed E-state index contributed by atoms with van der Waals surface area (Å²) in [7, 11) is 0. The maximum Gasteiger partial charge on any atom is 0.0544 e. The van der Waals surface area contributed by atoms with Gasteiger partial charge in [0.1, 0.15) is 0 Å². The fraction of sp³-hybridized carbons (Fsp3) is 0.556. The van der Waals surface area contributed by atoms with Gasteiger partial charge in [-0.3, -0.25) is 0 Å². The third kappa shape index (κ3) is 5.43. The van der Waals surface area contributed by atoms with Crippen LogP contribution in [0.3, 0.4) is 0 Å². The Morgan fingerprint density at radius 2 is 1.38 bits per heavy atom. The van der Waals surface area contributed by atoms with Crippen molar-refractivity contribution < 1.29 is 0 Å². The molecule has 9 atom stereocenters. The molecule has 0 amide bonds. The molecule has 0 saturated heterocycles. The first kappa shape index (κ1) is 36.0. The first-order valence-corrected chi connectivity index (χ1v) is 22.8. The minimum Gasteiger partial charge on any atom is -0.309 e. The van der Waals surface area contributed by atoms with Crippen molar-refractivity contribution in [2.75, 3.05) is 0 Å². The molecule has 1 nitrogen and oxygen atoms in total. The van der Waals surface area contributed by atoms with Crippen LogP contribution in [0.15, 0.2) is 84.9 Å². The lowest BCUT2D eigenvalue weighted by Crippen LogP contribution is -2.53. The molecule has 0 N–H and O–H groups in total. The van der Waals surface area contributed by atoms with Crippen molar-refractivity contribution in [1.82, 2.24) is 4.57 Å². The van der Waals surface area contributed by atoms with E-state index in [-0.39, 0.29) is 5.41 Å². The number of rotatable bonds is 7. The predicted octanol–water partition coefficient (Wildman–Crippen LogP) is 15.3. The van der Waals surface area contributed by atoms with Crippen molar-refractivity contribution in [2.24, 2.45) is 52.3 Å².